The lowest BCUT2D eigenvalue weighted by molar-refractivity contribution is 0.480. The molecule has 16 heavy (non-hydrogen) atoms. The standard InChI is InChI=1S/C11H12ClN3O/c1-2-15-8-11(7-14-15)16-10-3-4-13-9(5-10)6-12/h3-5,7-8H,2,6H2,1H3. The van der Waals surface area contributed by atoms with Gasteiger partial charge in [-0.2, -0.15) is 5.10 Å². The summed E-state index contributed by atoms with van der Waals surface area (Å²) in [5, 5.41) is 4.12. The van der Waals surface area contributed by atoms with Crippen LogP contribution >= 0.6 is 11.6 Å². The van der Waals surface area contributed by atoms with Crippen LogP contribution in [0, 0.1) is 0 Å². The summed E-state index contributed by atoms with van der Waals surface area (Å²) in [6, 6.07) is 3.61. The summed E-state index contributed by atoms with van der Waals surface area (Å²) in [5.41, 5.74) is 0.794. The summed E-state index contributed by atoms with van der Waals surface area (Å²) < 4.78 is 7.43. The average molecular weight is 238 g/mol. The van der Waals surface area contributed by atoms with Gasteiger partial charge in [-0.05, 0) is 13.0 Å². The van der Waals surface area contributed by atoms with E-state index in [1.54, 1.807) is 23.1 Å². The summed E-state index contributed by atoms with van der Waals surface area (Å²) in [4.78, 5) is 4.09. The molecule has 0 atom stereocenters. The van der Waals surface area contributed by atoms with E-state index >= 15 is 0 Å². The van der Waals surface area contributed by atoms with Crippen LogP contribution in [0.5, 0.6) is 11.5 Å². The first-order chi connectivity index (χ1) is 7.81. The predicted octanol–water partition coefficient (Wildman–Crippen LogP) is 2.83. The van der Waals surface area contributed by atoms with Gasteiger partial charge in [-0.15, -0.1) is 11.6 Å². The average Bonchev–Trinajstić information content (AvgIpc) is 2.77. The van der Waals surface area contributed by atoms with Crippen molar-refractivity contribution in [3.63, 3.8) is 0 Å². The molecule has 2 heterocycles. The molecule has 0 aromatic carbocycles. The van der Waals surface area contributed by atoms with Gasteiger partial charge in [-0.3, -0.25) is 9.67 Å². The Balaban J connectivity index is 2.13. The second-order valence-electron chi connectivity index (χ2n) is 3.25. The molecule has 0 fully saturated rings. The summed E-state index contributed by atoms with van der Waals surface area (Å²) in [6.07, 6.45) is 5.21. The summed E-state index contributed by atoms with van der Waals surface area (Å²) in [5.74, 6) is 1.82. The predicted molar refractivity (Wildman–Crippen MR) is 61.8 cm³/mol. The van der Waals surface area contributed by atoms with Crippen molar-refractivity contribution in [1.82, 2.24) is 14.8 Å². The maximum Gasteiger partial charge on any atom is 0.165 e. The fraction of sp³-hybridized carbons (Fsp3) is 0.273. The van der Waals surface area contributed by atoms with Crippen molar-refractivity contribution in [2.75, 3.05) is 0 Å². The van der Waals surface area contributed by atoms with Crippen LogP contribution in [-0.2, 0) is 12.4 Å². The van der Waals surface area contributed by atoms with Crippen LogP contribution < -0.4 is 4.74 Å². The van der Waals surface area contributed by atoms with Crippen LogP contribution in [0.15, 0.2) is 30.7 Å². The van der Waals surface area contributed by atoms with Crippen molar-refractivity contribution in [3.8, 4) is 11.5 Å². The fourth-order valence-corrected chi connectivity index (χ4v) is 1.45. The van der Waals surface area contributed by atoms with Gasteiger partial charge in [0.1, 0.15) is 5.75 Å². The van der Waals surface area contributed by atoms with Gasteiger partial charge in [0.2, 0.25) is 0 Å². The molecule has 0 N–H and O–H groups in total. The van der Waals surface area contributed by atoms with Gasteiger partial charge in [-0.1, -0.05) is 0 Å². The lowest BCUT2D eigenvalue weighted by Gasteiger charge is -2.03. The topological polar surface area (TPSA) is 39.9 Å². The Morgan fingerprint density at radius 3 is 3.00 bits per heavy atom. The molecule has 0 aliphatic heterocycles. The maximum absolute atomic E-state index is 5.69. The minimum Gasteiger partial charge on any atom is -0.454 e. The van der Waals surface area contributed by atoms with Crippen LogP contribution in [-0.4, -0.2) is 14.8 Å². The van der Waals surface area contributed by atoms with Gasteiger partial charge < -0.3 is 4.74 Å². The Morgan fingerprint density at radius 2 is 2.31 bits per heavy atom. The lowest BCUT2D eigenvalue weighted by atomic mass is 10.3. The molecular formula is C11H12ClN3O. The molecule has 0 radical (unpaired) electrons. The normalized spacial score (nSPS) is 10.4. The Bertz CT molecular complexity index is 470. The highest BCUT2D eigenvalue weighted by Crippen LogP contribution is 2.21. The molecule has 2 aromatic heterocycles. The van der Waals surface area contributed by atoms with Crippen LogP contribution in [0.25, 0.3) is 0 Å². The van der Waals surface area contributed by atoms with Gasteiger partial charge in [0.25, 0.3) is 0 Å². The van der Waals surface area contributed by atoms with Crippen molar-refractivity contribution < 1.29 is 4.74 Å². The molecule has 0 aliphatic rings. The van der Waals surface area contributed by atoms with E-state index in [-0.39, 0.29) is 0 Å². The molecule has 0 unspecified atom stereocenters. The Labute approximate surface area is 98.8 Å². The SMILES string of the molecule is CCn1cc(Oc2ccnc(CCl)c2)cn1. The second kappa shape index (κ2) is 4.99. The maximum atomic E-state index is 5.69. The first-order valence-corrected chi connectivity index (χ1v) is 5.56. The van der Waals surface area contributed by atoms with E-state index in [1.165, 1.54) is 0 Å². The molecule has 4 nitrogen and oxygen atoms in total. The van der Waals surface area contributed by atoms with Gasteiger partial charge in [0, 0.05) is 18.8 Å². The van der Waals surface area contributed by atoms with Gasteiger partial charge in [0.15, 0.2) is 5.75 Å². The third-order valence-electron chi connectivity index (χ3n) is 2.09. The van der Waals surface area contributed by atoms with Crippen LogP contribution in [0.3, 0.4) is 0 Å². The van der Waals surface area contributed by atoms with E-state index < -0.39 is 0 Å². The first-order valence-electron chi connectivity index (χ1n) is 5.03. The number of rotatable bonds is 4. The van der Waals surface area contributed by atoms with E-state index in [0.717, 1.165) is 18.0 Å². The molecule has 0 bridgehead atoms. The van der Waals surface area contributed by atoms with E-state index in [0.29, 0.717) is 11.6 Å². The molecule has 0 aliphatic carbocycles. The second-order valence-corrected chi connectivity index (χ2v) is 3.52. The minimum absolute atomic E-state index is 0.380. The highest BCUT2D eigenvalue weighted by molar-refractivity contribution is 6.16. The number of halogens is 1. The molecule has 2 rings (SSSR count). The molecule has 0 saturated carbocycles. The molecule has 0 amide bonds. The molecule has 84 valence electrons. The Morgan fingerprint density at radius 1 is 1.44 bits per heavy atom. The summed E-state index contributed by atoms with van der Waals surface area (Å²) >= 11 is 5.69. The number of hydrogen-bond donors (Lipinski definition) is 0. The van der Waals surface area contributed by atoms with Crippen molar-refractivity contribution in [2.24, 2.45) is 0 Å². The monoisotopic (exact) mass is 237 g/mol. The molecule has 0 saturated heterocycles. The zero-order valence-electron chi connectivity index (χ0n) is 8.93. The zero-order chi connectivity index (χ0) is 11.4. The van der Waals surface area contributed by atoms with E-state index in [9.17, 15) is 0 Å². The minimum atomic E-state index is 0.380. The molecular weight excluding hydrogens is 226 g/mol. The van der Waals surface area contributed by atoms with E-state index in [1.807, 2.05) is 19.2 Å². The number of aryl methyl sites for hydroxylation is 1. The number of pyridine rings is 1. The van der Waals surface area contributed by atoms with Crippen molar-refractivity contribution in [1.29, 1.82) is 0 Å². The third kappa shape index (κ3) is 2.52. The number of aromatic nitrogens is 3. The highest BCUT2D eigenvalue weighted by Gasteiger charge is 2.01. The van der Waals surface area contributed by atoms with Crippen molar-refractivity contribution in [3.05, 3.63) is 36.4 Å². The van der Waals surface area contributed by atoms with E-state index in [4.69, 9.17) is 16.3 Å². The van der Waals surface area contributed by atoms with Crippen LogP contribution in [0.4, 0.5) is 0 Å². The fourth-order valence-electron chi connectivity index (χ4n) is 1.30. The van der Waals surface area contributed by atoms with Gasteiger partial charge in [-0.25, -0.2) is 0 Å². The Kier molecular flexibility index (Phi) is 3.41. The largest absolute Gasteiger partial charge is 0.454 e. The van der Waals surface area contributed by atoms with Crippen LogP contribution in [0.2, 0.25) is 0 Å². The lowest BCUT2D eigenvalue weighted by Crippen LogP contribution is -1.92. The number of hydrogen-bond acceptors (Lipinski definition) is 3. The highest BCUT2D eigenvalue weighted by atomic mass is 35.5. The Hall–Kier alpha value is -1.55. The molecule has 5 heteroatoms. The van der Waals surface area contributed by atoms with Gasteiger partial charge in [0.05, 0.1) is 24.0 Å². The van der Waals surface area contributed by atoms with Crippen molar-refractivity contribution in [2.45, 2.75) is 19.3 Å². The quantitative estimate of drug-likeness (QED) is 0.768. The van der Waals surface area contributed by atoms with Gasteiger partial charge >= 0.3 is 0 Å². The summed E-state index contributed by atoms with van der Waals surface area (Å²) in [6.45, 7) is 2.85. The van der Waals surface area contributed by atoms with E-state index in [2.05, 4.69) is 10.1 Å². The third-order valence-corrected chi connectivity index (χ3v) is 2.37. The smallest absolute Gasteiger partial charge is 0.165 e. The summed E-state index contributed by atoms with van der Waals surface area (Å²) in [7, 11) is 0. The number of nitrogens with zero attached hydrogens (tertiary/aromatic N) is 3. The molecule has 0 spiro atoms. The van der Waals surface area contributed by atoms with Crippen molar-refractivity contribution >= 4 is 11.6 Å². The number of alkyl halides is 1. The first kappa shape index (κ1) is 11.0. The molecule has 2 aromatic rings. The zero-order valence-corrected chi connectivity index (χ0v) is 9.68. The van der Waals surface area contributed by atoms with Crippen LogP contribution in [0.1, 0.15) is 12.6 Å². The number of ether oxygens (including phenoxy) is 1.